The van der Waals surface area contributed by atoms with E-state index in [1.165, 1.54) is 51.6 Å². The van der Waals surface area contributed by atoms with Gasteiger partial charge >= 0.3 is 0 Å². The zero-order valence-corrected chi connectivity index (χ0v) is 33.2. The molecule has 3 saturated heterocycles. The minimum Gasteiger partial charge on any atom is -0.390 e. The van der Waals surface area contributed by atoms with Crippen LogP contribution in [0.15, 0.2) is 0 Å². The molecule has 2 N–H and O–H groups in total. The van der Waals surface area contributed by atoms with Crippen LogP contribution < -0.4 is 0 Å². The first-order valence-corrected chi connectivity index (χ1v) is 20.9. The molecule has 8 fully saturated rings. The highest BCUT2D eigenvalue weighted by atomic mass is 16.7. The van der Waals surface area contributed by atoms with Gasteiger partial charge in [0.25, 0.3) is 0 Å². The zero-order chi connectivity index (χ0) is 35.8. The number of hydrogen-bond acceptors (Lipinski definition) is 8. The molecular weight excluding hydrogens is 628 g/mol. The quantitative estimate of drug-likeness (QED) is 0.314. The second kappa shape index (κ2) is 12.1. The van der Waals surface area contributed by atoms with Crippen LogP contribution in [0, 0.1) is 50.7 Å². The molecule has 5 aliphatic carbocycles. The maximum Gasteiger partial charge on any atom is 0.170 e. The van der Waals surface area contributed by atoms with E-state index < -0.39 is 17.8 Å². The Morgan fingerprint density at radius 3 is 2.34 bits per heavy atom. The highest BCUT2D eigenvalue weighted by molar-refractivity contribution is 5.33. The molecular formula is C42H72N2O6. The molecule has 3 heterocycles. The summed E-state index contributed by atoms with van der Waals surface area (Å²) in [6, 6.07) is 1.26. The zero-order valence-electron chi connectivity index (χ0n) is 33.2. The summed E-state index contributed by atoms with van der Waals surface area (Å²) < 4.78 is 26.5. The third-order valence-electron chi connectivity index (χ3n) is 17.7. The summed E-state index contributed by atoms with van der Waals surface area (Å²) in [7, 11) is 0. The Morgan fingerprint density at radius 1 is 0.960 bits per heavy atom. The molecule has 14 atom stereocenters. The summed E-state index contributed by atoms with van der Waals surface area (Å²) in [5.74, 6) is 1.86. The molecule has 8 nitrogen and oxygen atoms in total. The van der Waals surface area contributed by atoms with Gasteiger partial charge in [0, 0.05) is 50.3 Å². The number of rotatable bonds is 8. The summed E-state index contributed by atoms with van der Waals surface area (Å²) in [4.78, 5) is 5.19. The van der Waals surface area contributed by atoms with E-state index in [0.29, 0.717) is 53.2 Å². The summed E-state index contributed by atoms with van der Waals surface area (Å²) in [6.07, 6.45) is 8.17. The fraction of sp³-hybridized carbons (Fsp3) is 1.00. The summed E-state index contributed by atoms with van der Waals surface area (Å²) in [5, 5.41) is 23.7. The standard InChI is InChI=1S/C42H72N2O6/c1-11-47-36(38(7,8)46)28-20-26(4)33-34(49-28)35(45)40(10)30-13-12-29-37(5,6)31(14-15-41(29)24-42(30,41)17-16-39(33,40)9)50-32-23-43(18-19-48-32)27-21-44(22-27)25(2)3/h25-36,45-46H,11-24H2,1-10H3/t26-,28-,29+,30+,31+,32+,33+,34+,35+,36+,39-,40-,41?,42+/m1/s1. The molecule has 0 aromatic rings. The van der Waals surface area contributed by atoms with Gasteiger partial charge in [0.15, 0.2) is 6.29 Å². The van der Waals surface area contributed by atoms with Gasteiger partial charge in [-0.3, -0.25) is 9.80 Å². The van der Waals surface area contributed by atoms with Gasteiger partial charge in [0.05, 0.1) is 36.6 Å². The van der Waals surface area contributed by atoms with Gasteiger partial charge in [0.2, 0.25) is 0 Å². The van der Waals surface area contributed by atoms with Crippen molar-refractivity contribution in [3.8, 4) is 0 Å². The van der Waals surface area contributed by atoms with Crippen molar-refractivity contribution < 1.29 is 29.2 Å². The maximum absolute atomic E-state index is 12.6. The molecule has 0 aromatic heterocycles. The molecule has 3 aliphatic heterocycles. The largest absolute Gasteiger partial charge is 0.390 e. The highest BCUT2D eigenvalue weighted by Gasteiger charge is 2.84. The molecule has 0 aromatic carbocycles. The average molecular weight is 701 g/mol. The lowest BCUT2D eigenvalue weighted by Gasteiger charge is -2.64. The number of morpholine rings is 1. The maximum atomic E-state index is 12.6. The van der Waals surface area contributed by atoms with Crippen molar-refractivity contribution in [2.24, 2.45) is 50.7 Å². The van der Waals surface area contributed by atoms with Crippen LogP contribution in [0.1, 0.15) is 121 Å². The Kier molecular flexibility index (Phi) is 8.86. The SMILES string of the molecule is CCO[C@@H]([C@H]1C[C@@H](C)[C@H]2[C@H](O1)[C@H](O)[C@@]1(C)[C@@H]3CC[C@H]4C(C)(C)[C@@H](O[C@H]5CN(C6CN(C(C)C)C6)CCO5)CCC45C[C@@]35CC[C@]21C)C(C)(C)O. The third kappa shape index (κ3) is 4.96. The van der Waals surface area contributed by atoms with Crippen LogP contribution in [0.25, 0.3) is 0 Å². The van der Waals surface area contributed by atoms with Crippen LogP contribution >= 0.6 is 0 Å². The van der Waals surface area contributed by atoms with Crippen molar-refractivity contribution in [1.29, 1.82) is 0 Å². The highest BCUT2D eigenvalue weighted by Crippen LogP contribution is 2.89. The van der Waals surface area contributed by atoms with Crippen molar-refractivity contribution in [2.45, 2.75) is 175 Å². The smallest absolute Gasteiger partial charge is 0.170 e. The molecule has 1 unspecified atom stereocenters. The van der Waals surface area contributed by atoms with Gasteiger partial charge < -0.3 is 29.2 Å². The van der Waals surface area contributed by atoms with Gasteiger partial charge in [-0.05, 0) is 131 Å². The lowest BCUT2D eigenvalue weighted by atomic mass is 9.41. The minimum absolute atomic E-state index is 0.0243. The number of aliphatic hydroxyl groups is 2. The predicted octanol–water partition coefficient (Wildman–Crippen LogP) is 6.11. The van der Waals surface area contributed by atoms with Crippen molar-refractivity contribution in [3.05, 3.63) is 0 Å². The van der Waals surface area contributed by atoms with Gasteiger partial charge in [-0.15, -0.1) is 0 Å². The monoisotopic (exact) mass is 701 g/mol. The van der Waals surface area contributed by atoms with Gasteiger partial charge in [-0.2, -0.15) is 0 Å². The molecule has 286 valence electrons. The van der Waals surface area contributed by atoms with Gasteiger partial charge in [-0.25, -0.2) is 0 Å². The molecule has 0 radical (unpaired) electrons. The molecule has 8 heteroatoms. The van der Waals surface area contributed by atoms with E-state index in [4.69, 9.17) is 18.9 Å². The topological polar surface area (TPSA) is 83.9 Å². The fourth-order valence-corrected chi connectivity index (χ4v) is 15.1. The van der Waals surface area contributed by atoms with Crippen LogP contribution in [-0.4, -0.2) is 114 Å². The van der Waals surface area contributed by atoms with Crippen molar-refractivity contribution in [1.82, 2.24) is 9.80 Å². The van der Waals surface area contributed by atoms with E-state index in [1.54, 1.807) is 0 Å². The summed E-state index contributed by atoms with van der Waals surface area (Å²) in [5.41, 5.74) is -0.421. The van der Waals surface area contributed by atoms with Crippen molar-refractivity contribution in [3.63, 3.8) is 0 Å². The molecule has 0 bridgehead atoms. The van der Waals surface area contributed by atoms with Crippen molar-refractivity contribution >= 4 is 0 Å². The average Bonchev–Trinajstić information content (AvgIpc) is 3.64. The Labute approximate surface area is 303 Å². The van der Waals surface area contributed by atoms with E-state index in [9.17, 15) is 10.2 Å². The van der Waals surface area contributed by atoms with E-state index in [-0.39, 0.29) is 40.8 Å². The van der Waals surface area contributed by atoms with Gasteiger partial charge in [0.1, 0.15) is 6.10 Å². The second-order valence-electron chi connectivity index (χ2n) is 20.7. The van der Waals surface area contributed by atoms with Crippen LogP contribution in [0.3, 0.4) is 0 Å². The lowest BCUT2D eigenvalue weighted by Crippen LogP contribution is -2.64. The van der Waals surface area contributed by atoms with Crippen LogP contribution in [0.5, 0.6) is 0 Å². The Balaban J connectivity index is 0.991. The third-order valence-corrected chi connectivity index (χ3v) is 17.7. The lowest BCUT2D eigenvalue weighted by molar-refractivity contribution is -0.253. The molecule has 2 spiro atoms. The minimum atomic E-state index is -1.01. The summed E-state index contributed by atoms with van der Waals surface area (Å²) in [6.45, 7) is 28.2. The number of likely N-dealkylation sites (tertiary alicyclic amines) is 1. The van der Waals surface area contributed by atoms with E-state index in [1.807, 2.05) is 20.8 Å². The Morgan fingerprint density at radius 2 is 1.66 bits per heavy atom. The first kappa shape index (κ1) is 36.6. The molecule has 8 aliphatic rings. The van der Waals surface area contributed by atoms with E-state index in [2.05, 4.69) is 58.3 Å². The number of hydrogen-bond donors (Lipinski definition) is 2. The first-order valence-electron chi connectivity index (χ1n) is 20.9. The second-order valence-corrected chi connectivity index (χ2v) is 20.7. The van der Waals surface area contributed by atoms with Gasteiger partial charge in [-0.1, -0.05) is 34.6 Å². The number of aliphatic hydroxyl groups excluding tert-OH is 1. The number of fused-ring (bicyclic) bond motifs is 4. The molecule has 50 heavy (non-hydrogen) atoms. The molecule has 0 amide bonds. The Bertz CT molecular complexity index is 1280. The molecule has 5 saturated carbocycles. The van der Waals surface area contributed by atoms with E-state index in [0.717, 1.165) is 32.5 Å². The first-order chi connectivity index (χ1) is 23.4. The number of nitrogens with zero attached hydrogens (tertiary/aromatic N) is 2. The van der Waals surface area contributed by atoms with Crippen LogP contribution in [0.2, 0.25) is 0 Å². The van der Waals surface area contributed by atoms with Crippen LogP contribution in [-0.2, 0) is 18.9 Å². The Hall–Kier alpha value is -0.320. The predicted molar refractivity (Wildman–Crippen MR) is 194 cm³/mol. The van der Waals surface area contributed by atoms with Crippen molar-refractivity contribution in [2.75, 3.05) is 39.4 Å². The fourth-order valence-electron chi connectivity index (χ4n) is 15.1. The number of ether oxygens (including phenoxy) is 4. The molecule has 8 rings (SSSR count). The normalized spacial score (nSPS) is 51.2. The van der Waals surface area contributed by atoms with Crippen LogP contribution in [0.4, 0.5) is 0 Å². The summed E-state index contributed by atoms with van der Waals surface area (Å²) >= 11 is 0. The van der Waals surface area contributed by atoms with E-state index >= 15 is 0 Å².